The van der Waals surface area contributed by atoms with Crippen molar-refractivity contribution < 1.29 is 27.4 Å². The number of hydrogen-bond donors (Lipinski definition) is 1. The maximum Gasteiger partial charge on any atom is 0.573 e. The van der Waals surface area contributed by atoms with Gasteiger partial charge in [-0.3, -0.25) is 4.79 Å². The van der Waals surface area contributed by atoms with E-state index in [0.29, 0.717) is 10.0 Å². The maximum absolute atomic E-state index is 12.2. The van der Waals surface area contributed by atoms with Gasteiger partial charge in [0.25, 0.3) is 0 Å². The molecule has 0 aliphatic heterocycles. The van der Waals surface area contributed by atoms with Crippen LogP contribution in [0.1, 0.15) is 12.5 Å². The molecule has 0 amide bonds. The molecule has 0 fully saturated rings. The number of ether oxygens (including phenoxy) is 2. The quantitative estimate of drug-likeness (QED) is 0.675. The minimum Gasteiger partial charge on any atom is -0.466 e. The Balaban J connectivity index is 2.99. The van der Waals surface area contributed by atoms with Crippen molar-refractivity contribution >= 4 is 27.6 Å². The number of halogens is 4. The van der Waals surface area contributed by atoms with E-state index in [1.165, 1.54) is 6.07 Å². The molecule has 19 heavy (non-hydrogen) atoms. The van der Waals surface area contributed by atoms with Gasteiger partial charge in [0.1, 0.15) is 0 Å². The van der Waals surface area contributed by atoms with Gasteiger partial charge < -0.3 is 15.2 Å². The van der Waals surface area contributed by atoms with Crippen LogP contribution in [0.25, 0.3) is 0 Å². The Bertz CT molecular complexity index is 477. The van der Waals surface area contributed by atoms with Gasteiger partial charge in [0, 0.05) is 4.47 Å². The van der Waals surface area contributed by atoms with E-state index in [9.17, 15) is 18.0 Å². The van der Waals surface area contributed by atoms with E-state index >= 15 is 0 Å². The normalized spacial score (nSPS) is 11.2. The summed E-state index contributed by atoms with van der Waals surface area (Å²) in [7, 11) is 0. The molecule has 8 heteroatoms. The summed E-state index contributed by atoms with van der Waals surface area (Å²) in [4.78, 5) is 11.3. The fourth-order valence-corrected chi connectivity index (χ4v) is 1.83. The molecule has 1 aromatic rings. The number of nitrogen functional groups attached to an aromatic ring is 1. The summed E-state index contributed by atoms with van der Waals surface area (Å²) in [5.41, 5.74) is 5.53. The second-order valence-electron chi connectivity index (χ2n) is 3.51. The second kappa shape index (κ2) is 6.14. The van der Waals surface area contributed by atoms with E-state index in [-0.39, 0.29) is 18.7 Å². The van der Waals surface area contributed by atoms with Gasteiger partial charge in [0.2, 0.25) is 0 Å². The molecule has 1 aromatic carbocycles. The van der Waals surface area contributed by atoms with Crippen LogP contribution in [-0.4, -0.2) is 18.9 Å². The van der Waals surface area contributed by atoms with Gasteiger partial charge in [-0.1, -0.05) is 15.9 Å². The first-order valence-corrected chi connectivity index (χ1v) is 6.01. The van der Waals surface area contributed by atoms with E-state index in [4.69, 9.17) is 10.5 Å². The van der Waals surface area contributed by atoms with E-state index in [1.807, 2.05) is 0 Å². The predicted octanol–water partition coefficient (Wildman–Crippen LogP) is 3.04. The first-order chi connectivity index (χ1) is 8.73. The minimum absolute atomic E-state index is 0.178. The SMILES string of the molecule is CCOC(=O)Cc1cc(OC(F)(F)F)c(N)cc1Br. The Kier molecular flexibility index (Phi) is 5.04. The van der Waals surface area contributed by atoms with Gasteiger partial charge >= 0.3 is 12.3 Å². The van der Waals surface area contributed by atoms with Crippen LogP contribution in [-0.2, 0) is 16.0 Å². The first kappa shape index (κ1) is 15.6. The third-order valence-electron chi connectivity index (χ3n) is 2.04. The van der Waals surface area contributed by atoms with Crippen LogP contribution in [0.5, 0.6) is 5.75 Å². The van der Waals surface area contributed by atoms with Crippen LogP contribution in [0.15, 0.2) is 16.6 Å². The van der Waals surface area contributed by atoms with Gasteiger partial charge in [0.15, 0.2) is 5.75 Å². The zero-order valence-electron chi connectivity index (χ0n) is 9.88. The van der Waals surface area contributed by atoms with E-state index < -0.39 is 18.1 Å². The highest BCUT2D eigenvalue weighted by Gasteiger charge is 2.32. The summed E-state index contributed by atoms with van der Waals surface area (Å²) >= 11 is 3.12. The number of anilines is 1. The van der Waals surface area contributed by atoms with Crippen molar-refractivity contribution in [1.82, 2.24) is 0 Å². The molecule has 0 saturated heterocycles. The van der Waals surface area contributed by atoms with Crippen molar-refractivity contribution in [2.75, 3.05) is 12.3 Å². The Morgan fingerprint density at radius 1 is 1.42 bits per heavy atom. The number of hydrogen-bond acceptors (Lipinski definition) is 4. The third kappa shape index (κ3) is 4.98. The molecule has 0 aromatic heterocycles. The number of benzene rings is 1. The van der Waals surface area contributed by atoms with Crippen molar-refractivity contribution in [3.63, 3.8) is 0 Å². The van der Waals surface area contributed by atoms with E-state index in [1.54, 1.807) is 6.92 Å². The molecular formula is C11H11BrF3NO3. The van der Waals surface area contributed by atoms with Crippen molar-refractivity contribution in [2.45, 2.75) is 19.7 Å². The fourth-order valence-electron chi connectivity index (χ4n) is 1.33. The molecule has 0 aliphatic rings. The zero-order chi connectivity index (χ0) is 14.6. The average molecular weight is 342 g/mol. The number of esters is 1. The molecule has 0 bridgehead atoms. The molecule has 106 valence electrons. The van der Waals surface area contributed by atoms with Gasteiger partial charge in [0.05, 0.1) is 18.7 Å². The summed E-state index contributed by atoms with van der Waals surface area (Å²) < 4.78 is 45.4. The lowest BCUT2D eigenvalue weighted by Crippen LogP contribution is -2.18. The third-order valence-corrected chi connectivity index (χ3v) is 2.78. The van der Waals surface area contributed by atoms with Crippen LogP contribution in [0.4, 0.5) is 18.9 Å². The van der Waals surface area contributed by atoms with Crippen LogP contribution in [0.3, 0.4) is 0 Å². The monoisotopic (exact) mass is 341 g/mol. The molecule has 1 rings (SSSR count). The van der Waals surface area contributed by atoms with Gasteiger partial charge in [-0.05, 0) is 24.6 Å². The molecule has 2 N–H and O–H groups in total. The molecule has 0 aliphatic carbocycles. The lowest BCUT2D eigenvalue weighted by molar-refractivity contribution is -0.274. The number of carbonyl (C=O) groups excluding carboxylic acids is 1. The predicted molar refractivity (Wildman–Crippen MR) is 65.6 cm³/mol. The summed E-state index contributed by atoms with van der Waals surface area (Å²) in [6.07, 6.45) is -5.02. The summed E-state index contributed by atoms with van der Waals surface area (Å²) in [6.45, 7) is 1.82. The van der Waals surface area contributed by atoms with Crippen molar-refractivity contribution in [1.29, 1.82) is 0 Å². The number of carbonyl (C=O) groups is 1. The summed E-state index contributed by atoms with van der Waals surface area (Å²) in [5.74, 6) is -1.10. The molecule has 0 unspecified atom stereocenters. The van der Waals surface area contributed by atoms with Crippen LogP contribution in [0.2, 0.25) is 0 Å². The lowest BCUT2D eigenvalue weighted by atomic mass is 10.1. The molecule has 0 atom stereocenters. The van der Waals surface area contributed by atoms with Gasteiger partial charge in [-0.15, -0.1) is 13.2 Å². The van der Waals surface area contributed by atoms with Crippen molar-refractivity contribution in [2.24, 2.45) is 0 Å². The Morgan fingerprint density at radius 3 is 2.58 bits per heavy atom. The highest BCUT2D eigenvalue weighted by molar-refractivity contribution is 9.10. The largest absolute Gasteiger partial charge is 0.573 e. The number of rotatable bonds is 4. The lowest BCUT2D eigenvalue weighted by Gasteiger charge is -2.13. The molecule has 0 spiro atoms. The summed E-state index contributed by atoms with van der Waals surface area (Å²) in [6, 6.07) is 2.31. The summed E-state index contributed by atoms with van der Waals surface area (Å²) in [5, 5.41) is 0. The molecule has 4 nitrogen and oxygen atoms in total. The van der Waals surface area contributed by atoms with Gasteiger partial charge in [-0.25, -0.2) is 0 Å². The maximum atomic E-state index is 12.2. The molecule has 0 radical (unpaired) electrons. The molecule has 0 saturated carbocycles. The standard InChI is InChI=1S/C11H11BrF3NO3/c1-2-18-10(17)4-6-3-9(19-11(13,14)15)8(16)5-7(6)12/h3,5H,2,4,16H2,1H3. The Hall–Kier alpha value is -1.44. The van der Waals surface area contributed by atoms with E-state index in [0.717, 1.165) is 6.07 Å². The van der Waals surface area contributed by atoms with Gasteiger partial charge in [-0.2, -0.15) is 0 Å². The Labute approximate surface area is 115 Å². The zero-order valence-corrected chi connectivity index (χ0v) is 11.5. The second-order valence-corrected chi connectivity index (χ2v) is 4.37. The first-order valence-electron chi connectivity index (χ1n) is 5.22. The number of nitrogens with two attached hydrogens (primary N) is 1. The van der Waals surface area contributed by atoms with Crippen LogP contribution >= 0.6 is 15.9 Å². The minimum atomic E-state index is -4.84. The van der Waals surface area contributed by atoms with Crippen molar-refractivity contribution in [3.8, 4) is 5.75 Å². The topological polar surface area (TPSA) is 61.5 Å². The highest BCUT2D eigenvalue weighted by atomic mass is 79.9. The average Bonchev–Trinajstić information content (AvgIpc) is 2.23. The Morgan fingerprint density at radius 2 is 2.05 bits per heavy atom. The van der Waals surface area contributed by atoms with Crippen molar-refractivity contribution in [3.05, 3.63) is 22.2 Å². The molecule has 0 heterocycles. The molecular weight excluding hydrogens is 331 g/mol. The number of alkyl halides is 3. The van der Waals surface area contributed by atoms with Crippen LogP contribution < -0.4 is 10.5 Å². The highest BCUT2D eigenvalue weighted by Crippen LogP contribution is 2.33. The smallest absolute Gasteiger partial charge is 0.466 e. The van der Waals surface area contributed by atoms with E-state index in [2.05, 4.69) is 20.7 Å². The van der Waals surface area contributed by atoms with Crippen LogP contribution in [0, 0.1) is 0 Å². The fraction of sp³-hybridized carbons (Fsp3) is 0.364.